The van der Waals surface area contributed by atoms with Gasteiger partial charge in [-0.2, -0.15) is 5.10 Å². The Morgan fingerprint density at radius 1 is 1.30 bits per heavy atom. The van der Waals surface area contributed by atoms with E-state index >= 15 is 0 Å². The zero-order valence-electron chi connectivity index (χ0n) is 17.1. The molecule has 3 rings (SSSR count). The smallest absolute Gasteiger partial charge is 0.310 e. The first kappa shape index (κ1) is 21.5. The van der Waals surface area contributed by atoms with Gasteiger partial charge in [0, 0.05) is 18.5 Å². The number of likely N-dealkylation sites (tertiary alicyclic amines) is 1. The molecule has 30 heavy (non-hydrogen) atoms. The van der Waals surface area contributed by atoms with Crippen LogP contribution < -0.4 is 10.9 Å². The number of ether oxygens (including phenoxy) is 1. The summed E-state index contributed by atoms with van der Waals surface area (Å²) in [5.74, 6) is -1.24. The predicted molar refractivity (Wildman–Crippen MR) is 110 cm³/mol. The van der Waals surface area contributed by atoms with Crippen molar-refractivity contribution in [2.45, 2.75) is 39.2 Å². The summed E-state index contributed by atoms with van der Waals surface area (Å²) in [5, 5.41) is 10.1. The molecule has 1 aromatic carbocycles. The average Bonchev–Trinajstić information content (AvgIpc) is 2.75. The van der Waals surface area contributed by atoms with Crippen LogP contribution >= 0.6 is 0 Å². The Hall–Kier alpha value is -3.23. The van der Waals surface area contributed by atoms with Gasteiger partial charge in [-0.3, -0.25) is 19.2 Å². The molecule has 2 aromatic rings. The number of fused-ring (bicyclic) bond motifs is 1. The van der Waals surface area contributed by atoms with Gasteiger partial charge < -0.3 is 15.0 Å². The van der Waals surface area contributed by atoms with E-state index in [1.165, 1.54) is 0 Å². The van der Waals surface area contributed by atoms with Gasteiger partial charge >= 0.3 is 5.97 Å². The zero-order chi connectivity index (χ0) is 21.7. The van der Waals surface area contributed by atoms with Crippen molar-refractivity contribution in [3.63, 3.8) is 0 Å². The van der Waals surface area contributed by atoms with Crippen LogP contribution in [0.1, 0.15) is 32.4 Å². The molecule has 1 aliphatic rings. The molecule has 1 aliphatic heterocycles. The van der Waals surface area contributed by atoms with Crippen molar-refractivity contribution < 1.29 is 19.1 Å². The van der Waals surface area contributed by atoms with Gasteiger partial charge in [-0.15, -0.1) is 0 Å². The number of benzene rings is 1. The Morgan fingerprint density at radius 3 is 2.77 bits per heavy atom. The quantitative estimate of drug-likeness (QED) is 0.674. The maximum Gasteiger partial charge on any atom is 0.310 e. The number of nitrogens with zero attached hydrogens (tertiary/aromatic N) is 2. The highest BCUT2D eigenvalue weighted by atomic mass is 16.5. The van der Waals surface area contributed by atoms with Crippen LogP contribution in [-0.4, -0.2) is 58.6 Å². The molecule has 1 saturated heterocycles. The summed E-state index contributed by atoms with van der Waals surface area (Å²) in [6.45, 7) is 4.52. The predicted octanol–water partition coefficient (Wildman–Crippen LogP) is 0.772. The van der Waals surface area contributed by atoms with E-state index in [9.17, 15) is 19.2 Å². The van der Waals surface area contributed by atoms with E-state index in [0.29, 0.717) is 49.0 Å². The molecule has 9 nitrogen and oxygen atoms in total. The van der Waals surface area contributed by atoms with Crippen molar-refractivity contribution >= 4 is 28.6 Å². The number of aromatic nitrogens is 2. The lowest BCUT2D eigenvalue weighted by Gasteiger charge is -2.33. The zero-order valence-corrected chi connectivity index (χ0v) is 17.1. The molecular formula is C21H26N4O5. The summed E-state index contributed by atoms with van der Waals surface area (Å²) in [6, 6.07) is 6.17. The minimum Gasteiger partial charge on any atom is -0.466 e. The van der Waals surface area contributed by atoms with Gasteiger partial charge in [0.15, 0.2) is 0 Å². The maximum atomic E-state index is 12.8. The van der Waals surface area contributed by atoms with Crippen LogP contribution in [0.5, 0.6) is 0 Å². The van der Waals surface area contributed by atoms with Gasteiger partial charge in [0.25, 0.3) is 5.56 Å². The fourth-order valence-electron chi connectivity index (χ4n) is 3.72. The number of hydrogen-bond donors (Lipinski definition) is 2. The average molecular weight is 414 g/mol. The molecular weight excluding hydrogens is 388 g/mol. The van der Waals surface area contributed by atoms with Crippen LogP contribution in [0.25, 0.3) is 10.8 Å². The number of rotatable bonds is 6. The van der Waals surface area contributed by atoms with Gasteiger partial charge in [0.05, 0.1) is 30.0 Å². The van der Waals surface area contributed by atoms with Crippen LogP contribution in [0, 0.1) is 5.92 Å². The highest BCUT2D eigenvalue weighted by Crippen LogP contribution is 2.19. The third kappa shape index (κ3) is 4.84. The van der Waals surface area contributed by atoms with Crippen LogP contribution in [0.4, 0.5) is 0 Å². The summed E-state index contributed by atoms with van der Waals surface area (Å²) in [4.78, 5) is 50.7. The molecule has 9 heteroatoms. The minimum atomic E-state index is -0.743. The van der Waals surface area contributed by atoms with Gasteiger partial charge in [0.2, 0.25) is 11.8 Å². The van der Waals surface area contributed by atoms with E-state index in [4.69, 9.17) is 4.74 Å². The maximum absolute atomic E-state index is 12.8. The Kier molecular flexibility index (Phi) is 6.81. The second-order valence-corrected chi connectivity index (χ2v) is 7.39. The molecule has 0 aliphatic carbocycles. The standard InChI is InChI=1S/C21H26N4O5/c1-3-30-21(29)14-7-6-10-25(12-14)20(28)13(2)22-18(26)11-17-15-8-4-5-9-16(15)19(27)24-23-17/h4-5,8-9,13-14H,3,6-7,10-12H2,1-2H3,(H,22,26)(H,24,27)/t13-,14-/m1/s1. The second kappa shape index (κ2) is 9.51. The number of hydrogen-bond acceptors (Lipinski definition) is 6. The van der Waals surface area contributed by atoms with E-state index < -0.39 is 6.04 Å². The summed E-state index contributed by atoms with van der Waals surface area (Å²) in [7, 11) is 0. The number of piperidine rings is 1. The molecule has 160 valence electrons. The highest BCUT2D eigenvalue weighted by molar-refractivity contribution is 5.91. The lowest BCUT2D eigenvalue weighted by molar-refractivity contribution is -0.151. The van der Waals surface area contributed by atoms with Crippen LogP contribution in [0.3, 0.4) is 0 Å². The number of H-pyrrole nitrogens is 1. The first-order valence-corrected chi connectivity index (χ1v) is 10.1. The number of esters is 1. The third-order valence-corrected chi connectivity index (χ3v) is 5.20. The van der Waals surface area contributed by atoms with Crippen molar-refractivity contribution in [2.24, 2.45) is 5.92 Å². The molecule has 2 N–H and O–H groups in total. The molecule has 1 fully saturated rings. The van der Waals surface area contributed by atoms with Crippen LogP contribution in [0.2, 0.25) is 0 Å². The summed E-state index contributed by atoms with van der Waals surface area (Å²) >= 11 is 0. The lowest BCUT2D eigenvalue weighted by Crippen LogP contribution is -2.51. The fourth-order valence-corrected chi connectivity index (χ4v) is 3.72. The fraction of sp³-hybridized carbons (Fsp3) is 0.476. The number of aromatic amines is 1. The number of carbonyl (C=O) groups is 3. The normalized spacial score (nSPS) is 17.4. The van der Waals surface area contributed by atoms with Crippen molar-refractivity contribution in [2.75, 3.05) is 19.7 Å². The van der Waals surface area contributed by atoms with Crippen molar-refractivity contribution in [1.29, 1.82) is 0 Å². The van der Waals surface area contributed by atoms with Crippen molar-refractivity contribution in [1.82, 2.24) is 20.4 Å². The van der Waals surface area contributed by atoms with Gasteiger partial charge in [-0.05, 0) is 32.8 Å². The molecule has 0 radical (unpaired) electrons. The number of amides is 2. The van der Waals surface area contributed by atoms with Crippen LogP contribution in [0.15, 0.2) is 29.1 Å². The third-order valence-electron chi connectivity index (χ3n) is 5.20. The van der Waals surface area contributed by atoms with Gasteiger partial charge in [-0.25, -0.2) is 5.10 Å². The highest BCUT2D eigenvalue weighted by Gasteiger charge is 2.31. The van der Waals surface area contributed by atoms with E-state index in [1.54, 1.807) is 43.0 Å². The summed E-state index contributed by atoms with van der Waals surface area (Å²) < 4.78 is 5.07. The molecule has 0 unspecified atom stereocenters. The Morgan fingerprint density at radius 2 is 2.03 bits per heavy atom. The molecule has 2 heterocycles. The van der Waals surface area contributed by atoms with E-state index in [-0.39, 0.29) is 35.7 Å². The molecule has 0 bridgehead atoms. The van der Waals surface area contributed by atoms with E-state index in [2.05, 4.69) is 15.5 Å². The molecule has 2 amide bonds. The first-order chi connectivity index (χ1) is 14.4. The van der Waals surface area contributed by atoms with Gasteiger partial charge in [0.1, 0.15) is 6.04 Å². The summed E-state index contributed by atoms with van der Waals surface area (Å²) in [6.07, 6.45) is 1.33. The summed E-state index contributed by atoms with van der Waals surface area (Å²) in [5.41, 5.74) is 0.113. The Labute approximate surface area is 173 Å². The van der Waals surface area contributed by atoms with Gasteiger partial charge in [-0.1, -0.05) is 18.2 Å². The minimum absolute atomic E-state index is 0.0691. The Bertz CT molecular complexity index is 1000. The topological polar surface area (TPSA) is 121 Å². The van der Waals surface area contributed by atoms with Crippen molar-refractivity contribution in [3.05, 3.63) is 40.3 Å². The first-order valence-electron chi connectivity index (χ1n) is 10.1. The van der Waals surface area contributed by atoms with Crippen LogP contribution in [-0.2, 0) is 25.5 Å². The Balaban J connectivity index is 1.62. The molecule has 1 aromatic heterocycles. The molecule has 2 atom stereocenters. The monoisotopic (exact) mass is 414 g/mol. The lowest BCUT2D eigenvalue weighted by atomic mass is 9.97. The number of nitrogens with one attached hydrogen (secondary N) is 2. The van der Waals surface area contributed by atoms with Crippen molar-refractivity contribution in [3.8, 4) is 0 Å². The molecule has 0 spiro atoms. The number of carbonyl (C=O) groups excluding carboxylic acids is 3. The van der Waals surface area contributed by atoms with E-state index in [0.717, 1.165) is 0 Å². The largest absolute Gasteiger partial charge is 0.466 e. The van der Waals surface area contributed by atoms with E-state index in [1.807, 2.05) is 0 Å². The SMILES string of the molecule is CCOC(=O)[C@@H]1CCCN(C(=O)[C@@H](C)NC(=O)Cc2n[nH]c(=O)c3ccccc23)C1. The second-order valence-electron chi connectivity index (χ2n) is 7.39. The molecule has 0 saturated carbocycles.